The Bertz CT molecular complexity index is 411. The van der Waals surface area contributed by atoms with Gasteiger partial charge in [-0.2, -0.15) is 13.2 Å². The van der Waals surface area contributed by atoms with Crippen molar-refractivity contribution in [2.45, 2.75) is 18.5 Å². The largest absolute Gasteiger partial charge is 0.401 e. The van der Waals surface area contributed by atoms with Crippen LogP contribution in [-0.2, 0) is 5.41 Å². The molecule has 0 saturated heterocycles. The summed E-state index contributed by atoms with van der Waals surface area (Å²) < 4.78 is 38.0. The first kappa shape index (κ1) is 17.9. The molecule has 0 spiro atoms. The fourth-order valence-corrected chi connectivity index (χ4v) is 2.58. The van der Waals surface area contributed by atoms with Crippen molar-refractivity contribution in [3.63, 3.8) is 0 Å². The molecule has 0 bridgehead atoms. The summed E-state index contributed by atoms with van der Waals surface area (Å²) in [4.78, 5) is 1.25. The number of benzene rings is 1. The maximum atomic E-state index is 12.7. The first-order chi connectivity index (χ1) is 9.80. The third-order valence-corrected chi connectivity index (χ3v) is 3.43. The Morgan fingerprint density at radius 1 is 1.14 bits per heavy atom. The van der Waals surface area contributed by atoms with E-state index in [0.29, 0.717) is 6.54 Å². The van der Waals surface area contributed by atoms with Crippen LogP contribution in [0, 0.1) is 0 Å². The molecule has 0 amide bonds. The van der Waals surface area contributed by atoms with E-state index < -0.39 is 18.1 Å². The third kappa shape index (κ3) is 6.03. The molecule has 1 rings (SSSR count). The first-order valence-corrected chi connectivity index (χ1v) is 6.91. The Labute approximate surface area is 123 Å². The van der Waals surface area contributed by atoms with E-state index in [1.54, 1.807) is 7.05 Å². The molecule has 0 aliphatic heterocycles. The van der Waals surface area contributed by atoms with E-state index in [2.05, 4.69) is 5.32 Å². The van der Waals surface area contributed by atoms with Gasteiger partial charge in [-0.15, -0.1) is 0 Å². The van der Waals surface area contributed by atoms with E-state index in [1.165, 1.54) is 4.90 Å². The molecule has 0 radical (unpaired) electrons. The smallest absolute Gasteiger partial charge is 0.395 e. The Morgan fingerprint density at radius 2 is 1.76 bits per heavy atom. The number of halogens is 3. The molecule has 120 valence electrons. The molecule has 0 fully saturated rings. The van der Waals surface area contributed by atoms with Crippen molar-refractivity contribution >= 4 is 0 Å². The molecule has 21 heavy (non-hydrogen) atoms. The van der Waals surface area contributed by atoms with Gasteiger partial charge in [0.05, 0.1) is 13.2 Å². The topological polar surface area (TPSA) is 35.5 Å². The molecule has 0 aromatic heterocycles. The number of hydrogen-bond donors (Lipinski definition) is 2. The van der Waals surface area contributed by atoms with Crippen molar-refractivity contribution in [3.05, 3.63) is 35.9 Å². The number of aliphatic hydroxyl groups is 1. The van der Waals surface area contributed by atoms with Crippen LogP contribution in [-0.4, -0.2) is 56.0 Å². The average molecular weight is 304 g/mol. The molecule has 0 saturated carbocycles. The second-order valence-electron chi connectivity index (χ2n) is 5.51. The van der Waals surface area contributed by atoms with Crippen LogP contribution in [0.25, 0.3) is 0 Å². The van der Waals surface area contributed by atoms with Gasteiger partial charge in [-0.05, 0) is 12.6 Å². The van der Waals surface area contributed by atoms with Crippen LogP contribution >= 0.6 is 0 Å². The summed E-state index contributed by atoms with van der Waals surface area (Å²) in [7, 11) is 1.78. The van der Waals surface area contributed by atoms with Crippen LogP contribution in [0.1, 0.15) is 12.5 Å². The van der Waals surface area contributed by atoms with Crippen LogP contribution in [0.5, 0.6) is 0 Å². The zero-order valence-electron chi connectivity index (χ0n) is 12.5. The van der Waals surface area contributed by atoms with Crippen molar-refractivity contribution in [3.8, 4) is 0 Å². The zero-order valence-corrected chi connectivity index (χ0v) is 12.5. The maximum absolute atomic E-state index is 12.7. The Morgan fingerprint density at radius 3 is 2.24 bits per heavy atom. The second-order valence-corrected chi connectivity index (χ2v) is 5.51. The summed E-state index contributed by atoms with van der Waals surface area (Å²) in [6.07, 6.45) is -4.27. The van der Waals surface area contributed by atoms with Gasteiger partial charge in [0.1, 0.15) is 0 Å². The summed E-state index contributed by atoms with van der Waals surface area (Å²) in [5.41, 5.74) is 0.514. The number of aliphatic hydroxyl groups excluding tert-OH is 1. The molecule has 1 aromatic carbocycles. The minimum absolute atomic E-state index is 0.00560. The van der Waals surface area contributed by atoms with E-state index in [1.807, 2.05) is 37.3 Å². The SMILES string of the molecule is CNCC(C)(CN(CCO)CC(F)(F)F)c1ccccc1. The van der Waals surface area contributed by atoms with Gasteiger partial charge in [-0.3, -0.25) is 4.90 Å². The van der Waals surface area contributed by atoms with E-state index >= 15 is 0 Å². The summed E-state index contributed by atoms with van der Waals surface area (Å²) in [6, 6.07) is 9.47. The van der Waals surface area contributed by atoms with Crippen molar-refractivity contribution in [2.24, 2.45) is 0 Å². The summed E-state index contributed by atoms with van der Waals surface area (Å²) in [5.74, 6) is 0. The Hall–Kier alpha value is -1.11. The van der Waals surface area contributed by atoms with Crippen LogP contribution in [0.2, 0.25) is 0 Å². The second kappa shape index (κ2) is 7.77. The molecule has 1 aromatic rings. The van der Waals surface area contributed by atoms with Crippen LogP contribution in [0.3, 0.4) is 0 Å². The fraction of sp³-hybridized carbons (Fsp3) is 0.600. The summed E-state index contributed by atoms with van der Waals surface area (Å²) in [6.45, 7) is 1.40. The first-order valence-electron chi connectivity index (χ1n) is 6.91. The highest BCUT2D eigenvalue weighted by atomic mass is 19.4. The maximum Gasteiger partial charge on any atom is 0.401 e. The molecule has 0 heterocycles. The minimum atomic E-state index is -4.27. The third-order valence-electron chi connectivity index (χ3n) is 3.43. The minimum Gasteiger partial charge on any atom is -0.395 e. The summed E-state index contributed by atoms with van der Waals surface area (Å²) >= 11 is 0. The lowest BCUT2D eigenvalue weighted by molar-refractivity contribution is -0.148. The van der Waals surface area contributed by atoms with Crippen molar-refractivity contribution in [1.82, 2.24) is 10.2 Å². The van der Waals surface area contributed by atoms with Gasteiger partial charge in [0, 0.05) is 25.0 Å². The van der Waals surface area contributed by atoms with Gasteiger partial charge in [-0.1, -0.05) is 37.3 Å². The van der Waals surface area contributed by atoms with Gasteiger partial charge in [0.15, 0.2) is 0 Å². The van der Waals surface area contributed by atoms with E-state index in [9.17, 15) is 13.2 Å². The predicted octanol–water partition coefficient (Wildman–Crippen LogP) is 2.02. The lowest BCUT2D eigenvalue weighted by Crippen LogP contribution is -2.48. The van der Waals surface area contributed by atoms with Crippen LogP contribution in [0.4, 0.5) is 13.2 Å². The zero-order chi connectivity index (χ0) is 15.9. The Kier molecular flexibility index (Phi) is 6.64. The highest BCUT2D eigenvalue weighted by Crippen LogP contribution is 2.26. The monoisotopic (exact) mass is 304 g/mol. The average Bonchev–Trinajstić information content (AvgIpc) is 2.38. The Balaban J connectivity index is 2.93. The van der Waals surface area contributed by atoms with E-state index in [4.69, 9.17) is 5.11 Å². The number of nitrogens with zero attached hydrogens (tertiary/aromatic N) is 1. The molecule has 1 unspecified atom stereocenters. The standard InChI is InChI=1S/C15H23F3N2O/c1-14(10-19-2,13-6-4-3-5-7-13)11-20(8-9-21)12-15(16,17)18/h3-7,19,21H,8-12H2,1-2H3. The molecular formula is C15H23F3N2O. The van der Waals surface area contributed by atoms with Gasteiger partial charge in [0.2, 0.25) is 0 Å². The lowest BCUT2D eigenvalue weighted by atomic mass is 9.81. The molecule has 2 N–H and O–H groups in total. The van der Waals surface area contributed by atoms with Crippen LogP contribution in [0.15, 0.2) is 30.3 Å². The van der Waals surface area contributed by atoms with E-state index in [0.717, 1.165) is 5.56 Å². The number of rotatable bonds is 8. The quantitative estimate of drug-likeness (QED) is 0.771. The van der Waals surface area contributed by atoms with Crippen molar-refractivity contribution < 1.29 is 18.3 Å². The summed E-state index contributed by atoms with van der Waals surface area (Å²) in [5, 5.41) is 12.1. The number of likely N-dealkylation sites (N-methyl/N-ethyl adjacent to an activating group) is 1. The molecule has 1 atom stereocenters. The highest BCUT2D eigenvalue weighted by Gasteiger charge is 2.35. The predicted molar refractivity (Wildman–Crippen MR) is 77.3 cm³/mol. The molecule has 6 heteroatoms. The normalized spacial score (nSPS) is 15.2. The van der Waals surface area contributed by atoms with Gasteiger partial charge in [-0.25, -0.2) is 0 Å². The van der Waals surface area contributed by atoms with Gasteiger partial charge in [0.25, 0.3) is 0 Å². The molecular weight excluding hydrogens is 281 g/mol. The van der Waals surface area contributed by atoms with E-state index in [-0.39, 0.29) is 19.7 Å². The number of hydrogen-bond acceptors (Lipinski definition) is 3. The molecule has 0 aliphatic carbocycles. The van der Waals surface area contributed by atoms with Crippen molar-refractivity contribution in [2.75, 3.05) is 39.8 Å². The lowest BCUT2D eigenvalue weighted by Gasteiger charge is -2.36. The molecule has 3 nitrogen and oxygen atoms in total. The number of nitrogens with one attached hydrogen (secondary N) is 1. The van der Waals surface area contributed by atoms with Crippen molar-refractivity contribution in [1.29, 1.82) is 0 Å². The molecule has 0 aliphatic rings. The fourth-order valence-electron chi connectivity index (χ4n) is 2.58. The highest BCUT2D eigenvalue weighted by molar-refractivity contribution is 5.25. The van der Waals surface area contributed by atoms with Gasteiger partial charge < -0.3 is 10.4 Å². The van der Waals surface area contributed by atoms with Crippen LogP contribution < -0.4 is 5.32 Å². The number of alkyl halides is 3. The van der Waals surface area contributed by atoms with Gasteiger partial charge >= 0.3 is 6.18 Å².